The zero-order valence-corrected chi connectivity index (χ0v) is 8.14. The van der Waals surface area contributed by atoms with Gasteiger partial charge in [-0.3, -0.25) is 0 Å². The van der Waals surface area contributed by atoms with Crippen LogP contribution in [-0.4, -0.2) is 17.8 Å². The summed E-state index contributed by atoms with van der Waals surface area (Å²) >= 11 is 0. The Hall–Kier alpha value is -0.0800. The van der Waals surface area contributed by atoms with Crippen LogP contribution in [0.2, 0.25) is 0 Å². The molecule has 0 saturated carbocycles. The van der Waals surface area contributed by atoms with Crippen molar-refractivity contribution >= 4 is 0 Å². The first-order valence-electron chi connectivity index (χ1n) is 4.55. The second-order valence-electron chi connectivity index (χ2n) is 2.84. The monoisotopic (exact) mass is 161 g/mol. The van der Waals surface area contributed by atoms with E-state index in [0.717, 1.165) is 6.42 Å². The lowest BCUT2D eigenvalue weighted by molar-refractivity contribution is 0.295. The third-order valence-electron chi connectivity index (χ3n) is 1.24. The van der Waals surface area contributed by atoms with E-state index in [4.69, 9.17) is 10.8 Å². The predicted octanol–water partition coefficient (Wildman–Crippen LogP) is 1.91. The van der Waals surface area contributed by atoms with Crippen molar-refractivity contribution in [2.45, 2.75) is 52.5 Å². The van der Waals surface area contributed by atoms with Gasteiger partial charge in [-0.15, -0.1) is 0 Å². The molecule has 1 unspecified atom stereocenters. The van der Waals surface area contributed by atoms with Crippen LogP contribution < -0.4 is 5.73 Å². The SMILES string of the molecule is CCCCC(C)N.CCCO. The van der Waals surface area contributed by atoms with Crippen molar-refractivity contribution in [1.82, 2.24) is 0 Å². The fourth-order valence-corrected chi connectivity index (χ4v) is 0.526. The van der Waals surface area contributed by atoms with E-state index in [1.54, 1.807) is 0 Å². The van der Waals surface area contributed by atoms with E-state index >= 15 is 0 Å². The Bertz CT molecular complexity index is 53.5. The molecule has 0 fully saturated rings. The molecule has 0 bridgehead atoms. The molecule has 0 aliphatic carbocycles. The molecule has 0 aromatic rings. The van der Waals surface area contributed by atoms with Crippen molar-refractivity contribution < 1.29 is 5.11 Å². The molecule has 2 heteroatoms. The summed E-state index contributed by atoms with van der Waals surface area (Å²) in [6, 6.07) is 0.403. The molecule has 0 heterocycles. The van der Waals surface area contributed by atoms with Crippen molar-refractivity contribution in [3.05, 3.63) is 0 Å². The van der Waals surface area contributed by atoms with Crippen LogP contribution in [0.5, 0.6) is 0 Å². The van der Waals surface area contributed by atoms with E-state index in [9.17, 15) is 0 Å². The van der Waals surface area contributed by atoms with Gasteiger partial charge in [0.05, 0.1) is 0 Å². The van der Waals surface area contributed by atoms with E-state index in [0.29, 0.717) is 12.6 Å². The number of hydrogen-bond donors (Lipinski definition) is 2. The van der Waals surface area contributed by atoms with Crippen LogP contribution in [0.3, 0.4) is 0 Å². The summed E-state index contributed by atoms with van der Waals surface area (Å²) < 4.78 is 0. The van der Waals surface area contributed by atoms with Gasteiger partial charge >= 0.3 is 0 Å². The molecule has 3 N–H and O–H groups in total. The molecular formula is C9H23NO. The minimum Gasteiger partial charge on any atom is -0.396 e. The van der Waals surface area contributed by atoms with Gasteiger partial charge in [-0.05, 0) is 19.8 Å². The van der Waals surface area contributed by atoms with E-state index in [1.807, 2.05) is 6.92 Å². The molecular weight excluding hydrogens is 138 g/mol. The summed E-state index contributed by atoms with van der Waals surface area (Å²) in [7, 11) is 0. The van der Waals surface area contributed by atoms with Crippen LogP contribution in [0.1, 0.15) is 46.5 Å². The zero-order valence-electron chi connectivity index (χ0n) is 8.14. The highest BCUT2D eigenvalue weighted by Gasteiger charge is 1.88. The summed E-state index contributed by atoms with van der Waals surface area (Å²) in [6.45, 7) is 6.48. The van der Waals surface area contributed by atoms with Crippen LogP contribution in [0.25, 0.3) is 0 Å². The van der Waals surface area contributed by atoms with Crippen molar-refractivity contribution in [3.63, 3.8) is 0 Å². The smallest absolute Gasteiger partial charge is 0.0428 e. The van der Waals surface area contributed by atoms with Gasteiger partial charge in [0.25, 0.3) is 0 Å². The topological polar surface area (TPSA) is 46.2 Å². The first-order valence-corrected chi connectivity index (χ1v) is 4.55. The third-order valence-corrected chi connectivity index (χ3v) is 1.24. The van der Waals surface area contributed by atoms with Crippen LogP contribution in [0, 0.1) is 0 Å². The van der Waals surface area contributed by atoms with Gasteiger partial charge in [0.2, 0.25) is 0 Å². The van der Waals surface area contributed by atoms with Gasteiger partial charge in [0, 0.05) is 12.6 Å². The minimum absolute atomic E-state index is 0.319. The maximum absolute atomic E-state index is 7.88. The first-order chi connectivity index (χ1) is 5.18. The number of nitrogens with two attached hydrogens (primary N) is 1. The molecule has 0 aromatic heterocycles. The van der Waals surface area contributed by atoms with Crippen molar-refractivity contribution in [3.8, 4) is 0 Å². The van der Waals surface area contributed by atoms with Gasteiger partial charge < -0.3 is 10.8 Å². The van der Waals surface area contributed by atoms with E-state index < -0.39 is 0 Å². The lowest BCUT2D eigenvalue weighted by Crippen LogP contribution is -2.13. The Labute approximate surface area is 70.8 Å². The Morgan fingerprint density at radius 3 is 1.82 bits per heavy atom. The average molecular weight is 161 g/mol. The van der Waals surface area contributed by atoms with Gasteiger partial charge in [0.1, 0.15) is 0 Å². The van der Waals surface area contributed by atoms with Crippen molar-refractivity contribution in [1.29, 1.82) is 0 Å². The molecule has 0 amide bonds. The average Bonchev–Trinajstić information content (AvgIpc) is 2.01. The highest BCUT2D eigenvalue weighted by Crippen LogP contribution is 1.95. The lowest BCUT2D eigenvalue weighted by Gasteiger charge is -1.99. The first kappa shape index (κ1) is 13.5. The Morgan fingerprint density at radius 2 is 1.73 bits per heavy atom. The molecule has 0 aliphatic rings. The maximum atomic E-state index is 7.88. The van der Waals surface area contributed by atoms with Gasteiger partial charge in [-0.25, -0.2) is 0 Å². The van der Waals surface area contributed by atoms with Crippen LogP contribution >= 0.6 is 0 Å². The summed E-state index contributed by atoms with van der Waals surface area (Å²) in [4.78, 5) is 0. The number of unbranched alkanes of at least 4 members (excludes halogenated alkanes) is 1. The lowest BCUT2D eigenvalue weighted by atomic mass is 10.2. The molecule has 0 aliphatic heterocycles. The standard InChI is InChI=1S/C6H15N.C3H8O/c1-3-4-5-6(2)7;1-2-3-4/h6H,3-5,7H2,1-2H3;4H,2-3H2,1H3. The van der Waals surface area contributed by atoms with Gasteiger partial charge in [-0.1, -0.05) is 26.7 Å². The Kier molecular flexibility index (Phi) is 15.4. The highest BCUT2D eigenvalue weighted by molar-refractivity contribution is 4.50. The second kappa shape index (κ2) is 12.6. The minimum atomic E-state index is 0.319. The molecule has 0 aromatic carbocycles. The Balaban J connectivity index is 0. The second-order valence-corrected chi connectivity index (χ2v) is 2.84. The number of aliphatic hydroxyl groups excluding tert-OH is 1. The summed E-state index contributed by atoms with van der Waals surface area (Å²) in [5, 5.41) is 7.88. The molecule has 0 rings (SSSR count). The summed E-state index contributed by atoms with van der Waals surface area (Å²) in [6.07, 6.45) is 4.59. The van der Waals surface area contributed by atoms with Gasteiger partial charge in [0.15, 0.2) is 0 Å². The summed E-state index contributed by atoms with van der Waals surface area (Å²) in [5.74, 6) is 0. The predicted molar refractivity (Wildman–Crippen MR) is 50.6 cm³/mol. The fourth-order valence-electron chi connectivity index (χ4n) is 0.526. The van der Waals surface area contributed by atoms with E-state index in [1.165, 1.54) is 19.3 Å². The number of rotatable bonds is 4. The van der Waals surface area contributed by atoms with Crippen molar-refractivity contribution in [2.24, 2.45) is 5.73 Å². The van der Waals surface area contributed by atoms with Crippen molar-refractivity contribution in [2.75, 3.05) is 6.61 Å². The van der Waals surface area contributed by atoms with Crippen LogP contribution in [0.15, 0.2) is 0 Å². The van der Waals surface area contributed by atoms with E-state index in [2.05, 4.69) is 13.8 Å². The highest BCUT2D eigenvalue weighted by atomic mass is 16.2. The van der Waals surface area contributed by atoms with Crippen LogP contribution in [0.4, 0.5) is 0 Å². The molecule has 0 radical (unpaired) electrons. The molecule has 2 nitrogen and oxygen atoms in total. The fraction of sp³-hybridized carbons (Fsp3) is 1.00. The normalized spacial score (nSPS) is 11.7. The number of aliphatic hydroxyl groups is 1. The van der Waals surface area contributed by atoms with E-state index in [-0.39, 0.29) is 0 Å². The largest absolute Gasteiger partial charge is 0.396 e. The Morgan fingerprint density at radius 1 is 1.27 bits per heavy atom. The molecule has 70 valence electrons. The molecule has 0 saturated heterocycles. The molecule has 11 heavy (non-hydrogen) atoms. The number of hydrogen-bond acceptors (Lipinski definition) is 2. The summed E-state index contributed by atoms with van der Waals surface area (Å²) in [5.41, 5.74) is 5.48. The third kappa shape index (κ3) is 25.7. The molecule has 0 spiro atoms. The zero-order chi connectivity index (χ0) is 9.11. The molecule has 1 atom stereocenters. The van der Waals surface area contributed by atoms with Gasteiger partial charge in [-0.2, -0.15) is 0 Å². The maximum Gasteiger partial charge on any atom is 0.0428 e. The van der Waals surface area contributed by atoms with Crippen LogP contribution in [-0.2, 0) is 0 Å². The quantitative estimate of drug-likeness (QED) is 0.661.